The molecule has 164 valence electrons. The molecule has 5 rings (SSSR count). The molecule has 0 unspecified atom stereocenters. The van der Waals surface area contributed by atoms with Crippen LogP contribution < -0.4 is 5.32 Å². The number of aromatic nitrogens is 2. The molecule has 0 aliphatic heterocycles. The Morgan fingerprint density at radius 2 is 1.82 bits per heavy atom. The fraction of sp³-hybridized carbons (Fsp3) is 0.111. The number of fused-ring (bicyclic) bond motifs is 2. The monoisotopic (exact) mass is 517 g/mol. The number of halogens is 2. The molecule has 0 aliphatic rings. The van der Waals surface area contributed by atoms with Crippen LogP contribution in [0.1, 0.15) is 18.4 Å². The number of nitrogens with one attached hydrogen (secondary N) is 2. The first-order chi connectivity index (χ1) is 16.1. The summed E-state index contributed by atoms with van der Waals surface area (Å²) in [6, 6.07) is 25.7. The molecule has 33 heavy (non-hydrogen) atoms. The third-order valence-electron chi connectivity index (χ3n) is 5.68. The van der Waals surface area contributed by atoms with Gasteiger partial charge in [-0.2, -0.15) is 0 Å². The highest BCUT2D eigenvalue weighted by Crippen LogP contribution is 2.33. The summed E-state index contributed by atoms with van der Waals surface area (Å²) in [6.45, 7) is 0. The summed E-state index contributed by atoms with van der Waals surface area (Å²) in [7, 11) is 0. The molecule has 0 aliphatic carbocycles. The summed E-state index contributed by atoms with van der Waals surface area (Å²) in [5, 5.41) is 5.82. The Morgan fingerprint density at radius 1 is 1.00 bits per heavy atom. The lowest BCUT2D eigenvalue weighted by Crippen LogP contribution is -2.11. The minimum atomic E-state index is 0.000534. The fourth-order valence-corrected chi connectivity index (χ4v) is 4.52. The minimum Gasteiger partial charge on any atom is -0.353 e. The highest BCUT2D eigenvalue weighted by molar-refractivity contribution is 9.10. The summed E-state index contributed by atoms with van der Waals surface area (Å²) < 4.78 is 0.980. The van der Waals surface area contributed by atoms with Crippen LogP contribution in [0.3, 0.4) is 0 Å². The first-order valence-corrected chi connectivity index (χ1v) is 12.0. The van der Waals surface area contributed by atoms with Crippen LogP contribution in [-0.4, -0.2) is 15.9 Å². The molecule has 3 aromatic carbocycles. The van der Waals surface area contributed by atoms with Gasteiger partial charge in [0.25, 0.3) is 0 Å². The Labute approximate surface area is 205 Å². The van der Waals surface area contributed by atoms with E-state index in [0.717, 1.165) is 55.3 Å². The van der Waals surface area contributed by atoms with E-state index >= 15 is 0 Å². The second kappa shape index (κ2) is 9.38. The standard InChI is InChI=1S/C27H21BrClN3O/c28-18-9-12-20(13-10-18)30-26(33)7-3-5-21-22-16-19(29)11-15-24(22)32-27(21)25-14-8-17-4-1-2-6-23(17)31-25/h1-2,4,6,8-16,32H,3,5,7H2,(H,30,33). The van der Waals surface area contributed by atoms with Crippen molar-refractivity contribution in [2.24, 2.45) is 0 Å². The number of rotatable bonds is 6. The molecule has 0 bridgehead atoms. The molecule has 0 spiro atoms. The van der Waals surface area contributed by atoms with Crippen molar-refractivity contribution < 1.29 is 4.79 Å². The van der Waals surface area contributed by atoms with Crippen molar-refractivity contribution in [2.45, 2.75) is 19.3 Å². The van der Waals surface area contributed by atoms with Gasteiger partial charge in [-0.25, -0.2) is 4.98 Å². The smallest absolute Gasteiger partial charge is 0.224 e. The number of para-hydroxylation sites is 1. The molecule has 6 heteroatoms. The number of aromatic amines is 1. The molecule has 0 saturated heterocycles. The number of nitrogens with zero attached hydrogens (tertiary/aromatic N) is 1. The highest BCUT2D eigenvalue weighted by atomic mass is 79.9. The van der Waals surface area contributed by atoms with Gasteiger partial charge in [0.1, 0.15) is 0 Å². The Balaban J connectivity index is 1.40. The lowest BCUT2D eigenvalue weighted by atomic mass is 10.0. The lowest BCUT2D eigenvalue weighted by molar-refractivity contribution is -0.116. The van der Waals surface area contributed by atoms with Crippen LogP contribution in [0, 0.1) is 0 Å². The van der Waals surface area contributed by atoms with E-state index in [-0.39, 0.29) is 5.91 Å². The molecule has 0 fully saturated rings. The topological polar surface area (TPSA) is 57.8 Å². The second-order valence-corrected chi connectivity index (χ2v) is 9.32. The first-order valence-electron chi connectivity index (χ1n) is 10.8. The van der Waals surface area contributed by atoms with Crippen molar-refractivity contribution in [2.75, 3.05) is 5.32 Å². The first kappa shape index (κ1) is 21.7. The number of aryl methyl sites for hydroxylation is 1. The summed E-state index contributed by atoms with van der Waals surface area (Å²) in [4.78, 5) is 20.9. The maximum atomic E-state index is 12.5. The zero-order chi connectivity index (χ0) is 22.8. The van der Waals surface area contributed by atoms with Gasteiger partial charge in [-0.3, -0.25) is 4.79 Å². The van der Waals surface area contributed by atoms with E-state index in [2.05, 4.69) is 38.4 Å². The summed E-state index contributed by atoms with van der Waals surface area (Å²) in [5.74, 6) is 0.000534. The van der Waals surface area contributed by atoms with Crippen molar-refractivity contribution in [1.82, 2.24) is 9.97 Å². The van der Waals surface area contributed by atoms with E-state index in [9.17, 15) is 4.79 Å². The van der Waals surface area contributed by atoms with Gasteiger partial charge in [0.2, 0.25) is 5.91 Å². The van der Waals surface area contributed by atoms with Crippen LogP contribution in [0.25, 0.3) is 33.2 Å². The summed E-state index contributed by atoms with van der Waals surface area (Å²) in [5.41, 5.74) is 5.75. The third-order valence-corrected chi connectivity index (χ3v) is 6.45. The SMILES string of the molecule is O=C(CCCc1c(-c2ccc3ccccc3n2)[nH]c2ccc(Cl)cc12)Nc1ccc(Br)cc1. The van der Waals surface area contributed by atoms with E-state index in [1.54, 1.807) is 0 Å². The van der Waals surface area contributed by atoms with E-state index in [1.165, 1.54) is 0 Å². The van der Waals surface area contributed by atoms with Crippen LogP contribution in [0.4, 0.5) is 5.69 Å². The number of hydrogen-bond acceptors (Lipinski definition) is 2. The van der Waals surface area contributed by atoms with Crippen molar-refractivity contribution in [1.29, 1.82) is 0 Å². The molecular formula is C27H21BrClN3O. The third kappa shape index (κ3) is 4.80. The number of pyridine rings is 1. The number of H-pyrrole nitrogens is 1. The number of carbonyl (C=O) groups excluding carboxylic acids is 1. The Bertz CT molecular complexity index is 1460. The fourth-order valence-electron chi connectivity index (χ4n) is 4.09. The van der Waals surface area contributed by atoms with E-state index in [4.69, 9.17) is 16.6 Å². The van der Waals surface area contributed by atoms with Crippen LogP contribution >= 0.6 is 27.5 Å². The zero-order valence-electron chi connectivity index (χ0n) is 17.7. The van der Waals surface area contributed by atoms with Gasteiger partial charge in [0.15, 0.2) is 0 Å². The molecule has 4 nitrogen and oxygen atoms in total. The van der Waals surface area contributed by atoms with Gasteiger partial charge < -0.3 is 10.3 Å². The van der Waals surface area contributed by atoms with Crippen LogP contribution in [-0.2, 0) is 11.2 Å². The molecule has 1 amide bonds. The van der Waals surface area contributed by atoms with Gasteiger partial charge in [-0.05, 0) is 73.0 Å². The van der Waals surface area contributed by atoms with Gasteiger partial charge in [0.05, 0.1) is 16.9 Å². The largest absolute Gasteiger partial charge is 0.353 e. The van der Waals surface area contributed by atoms with Gasteiger partial charge in [-0.1, -0.05) is 51.8 Å². The minimum absolute atomic E-state index is 0.000534. The van der Waals surface area contributed by atoms with Crippen LogP contribution in [0.2, 0.25) is 5.02 Å². The van der Waals surface area contributed by atoms with Gasteiger partial charge in [0, 0.05) is 37.9 Å². The van der Waals surface area contributed by atoms with Crippen molar-refractivity contribution in [3.05, 3.63) is 93.9 Å². The van der Waals surface area contributed by atoms with E-state index in [0.29, 0.717) is 17.9 Å². The molecule has 2 N–H and O–H groups in total. The zero-order valence-corrected chi connectivity index (χ0v) is 20.1. The lowest BCUT2D eigenvalue weighted by Gasteiger charge is -2.08. The summed E-state index contributed by atoms with van der Waals surface area (Å²) >= 11 is 9.72. The molecule has 5 aromatic rings. The normalized spacial score (nSPS) is 11.2. The second-order valence-electron chi connectivity index (χ2n) is 7.97. The average Bonchev–Trinajstić information content (AvgIpc) is 3.18. The molecule has 0 atom stereocenters. The van der Waals surface area contributed by atoms with Crippen molar-refractivity contribution >= 4 is 60.9 Å². The molecular weight excluding hydrogens is 498 g/mol. The van der Waals surface area contributed by atoms with E-state index in [1.807, 2.05) is 66.7 Å². The van der Waals surface area contributed by atoms with Gasteiger partial charge in [-0.15, -0.1) is 0 Å². The number of carbonyl (C=O) groups is 1. The predicted molar refractivity (Wildman–Crippen MR) is 140 cm³/mol. The summed E-state index contributed by atoms with van der Waals surface area (Å²) in [6.07, 6.45) is 1.87. The van der Waals surface area contributed by atoms with Crippen LogP contribution in [0.15, 0.2) is 83.3 Å². The van der Waals surface area contributed by atoms with Crippen molar-refractivity contribution in [3.63, 3.8) is 0 Å². The number of benzene rings is 3. The number of anilines is 1. The predicted octanol–water partition coefficient (Wildman–Crippen LogP) is 7.76. The average molecular weight is 519 g/mol. The van der Waals surface area contributed by atoms with Crippen molar-refractivity contribution in [3.8, 4) is 11.4 Å². The van der Waals surface area contributed by atoms with Crippen LogP contribution in [0.5, 0.6) is 0 Å². The molecule has 0 saturated carbocycles. The Hall–Kier alpha value is -3.15. The Kier molecular flexibility index (Phi) is 6.16. The highest BCUT2D eigenvalue weighted by Gasteiger charge is 2.16. The number of hydrogen-bond donors (Lipinski definition) is 2. The quantitative estimate of drug-likeness (QED) is 0.241. The molecule has 0 radical (unpaired) electrons. The maximum Gasteiger partial charge on any atom is 0.224 e. The maximum absolute atomic E-state index is 12.5. The molecule has 2 heterocycles. The van der Waals surface area contributed by atoms with Gasteiger partial charge >= 0.3 is 0 Å². The Morgan fingerprint density at radius 3 is 2.67 bits per heavy atom. The van der Waals surface area contributed by atoms with E-state index < -0.39 is 0 Å². The number of amides is 1. The molecule has 2 aromatic heterocycles.